The third kappa shape index (κ3) is 1.58. The van der Waals surface area contributed by atoms with Crippen molar-refractivity contribution in [3.63, 3.8) is 0 Å². The van der Waals surface area contributed by atoms with E-state index >= 15 is 0 Å². The molecular weight excluding hydrogens is 266 g/mol. The van der Waals surface area contributed by atoms with Crippen LogP contribution >= 0.6 is 11.9 Å². The molecule has 0 atom stereocenters. The molecule has 0 radical (unpaired) electrons. The molecule has 2 aromatic carbocycles. The maximum atomic E-state index is 4.64. The van der Waals surface area contributed by atoms with Crippen molar-refractivity contribution in [2.45, 2.75) is 0 Å². The summed E-state index contributed by atoms with van der Waals surface area (Å²) in [4.78, 5) is 4.44. The topological polar surface area (TPSA) is 18.8 Å². The van der Waals surface area contributed by atoms with Gasteiger partial charge in [0.2, 0.25) is 0 Å². The Kier molecular flexibility index (Phi) is 2.54. The predicted molar refractivity (Wildman–Crippen MR) is 87.7 cm³/mol. The molecule has 4 heteroatoms. The Labute approximate surface area is 123 Å². The highest BCUT2D eigenvalue weighted by Gasteiger charge is 2.30. The van der Waals surface area contributed by atoms with Gasteiger partial charge in [-0.15, -0.1) is 0 Å². The second kappa shape index (κ2) is 4.28. The first-order valence-electron chi connectivity index (χ1n) is 6.64. The predicted octanol–water partition coefficient (Wildman–Crippen LogP) is 3.61. The van der Waals surface area contributed by atoms with Crippen LogP contribution in [0, 0.1) is 0 Å². The minimum atomic E-state index is 0.901. The van der Waals surface area contributed by atoms with Crippen LogP contribution in [0.1, 0.15) is 5.56 Å². The molecule has 0 fully saturated rings. The molecule has 0 spiro atoms. The third-order valence-electron chi connectivity index (χ3n) is 3.84. The highest BCUT2D eigenvalue weighted by molar-refractivity contribution is 7.98. The van der Waals surface area contributed by atoms with Gasteiger partial charge in [-0.05, 0) is 35.7 Å². The summed E-state index contributed by atoms with van der Waals surface area (Å²) in [5, 5.41) is 0. The molecular formula is C16H15N3S. The zero-order valence-corrected chi connectivity index (χ0v) is 12.3. The van der Waals surface area contributed by atoms with E-state index in [1.54, 1.807) is 11.9 Å². The molecule has 20 heavy (non-hydrogen) atoms. The van der Waals surface area contributed by atoms with E-state index in [4.69, 9.17) is 0 Å². The number of anilines is 2. The van der Waals surface area contributed by atoms with Gasteiger partial charge < -0.3 is 9.80 Å². The highest BCUT2D eigenvalue weighted by Crippen LogP contribution is 2.43. The van der Waals surface area contributed by atoms with E-state index in [0.29, 0.717) is 0 Å². The molecule has 0 aromatic heterocycles. The lowest BCUT2D eigenvalue weighted by molar-refractivity contribution is 1.13. The summed E-state index contributed by atoms with van der Waals surface area (Å²) in [5.41, 5.74) is 6.29. The molecule has 0 amide bonds. The molecule has 4 rings (SSSR count). The van der Waals surface area contributed by atoms with Gasteiger partial charge in [-0.3, -0.25) is 0 Å². The quantitative estimate of drug-likeness (QED) is 0.744. The molecule has 0 unspecified atom stereocenters. The Hall–Kier alpha value is -1.94. The number of amidine groups is 1. The summed E-state index contributed by atoms with van der Waals surface area (Å²) in [6.45, 7) is 0. The van der Waals surface area contributed by atoms with Crippen molar-refractivity contribution in [1.29, 1.82) is 0 Å². The summed E-state index contributed by atoms with van der Waals surface area (Å²) in [6, 6.07) is 15.2. The zero-order valence-electron chi connectivity index (χ0n) is 11.5. The fourth-order valence-corrected chi connectivity index (χ4v) is 3.56. The molecule has 3 nitrogen and oxygen atoms in total. The van der Waals surface area contributed by atoms with Crippen LogP contribution in [0.25, 0.3) is 11.1 Å². The Bertz CT molecular complexity index is 721. The van der Waals surface area contributed by atoms with Gasteiger partial charge in [0.1, 0.15) is 5.84 Å². The van der Waals surface area contributed by atoms with Crippen LogP contribution in [0.4, 0.5) is 11.4 Å². The van der Waals surface area contributed by atoms with Gasteiger partial charge in [0.15, 0.2) is 0 Å². The van der Waals surface area contributed by atoms with Crippen LogP contribution < -0.4 is 9.80 Å². The van der Waals surface area contributed by atoms with Gasteiger partial charge in [0, 0.05) is 30.9 Å². The molecule has 0 saturated heterocycles. The molecule has 100 valence electrons. The van der Waals surface area contributed by atoms with E-state index in [-0.39, 0.29) is 0 Å². The molecule has 0 saturated carbocycles. The first-order chi connectivity index (χ1) is 9.75. The molecule has 2 aliphatic rings. The lowest BCUT2D eigenvalue weighted by Gasteiger charge is -2.30. The monoisotopic (exact) mass is 281 g/mol. The van der Waals surface area contributed by atoms with E-state index in [9.17, 15) is 0 Å². The summed E-state index contributed by atoms with van der Waals surface area (Å²) < 4.78 is 4.64. The third-order valence-corrected chi connectivity index (χ3v) is 4.51. The lowest BCUT2D eigenvalue weighted by Crippen LogP contribution is -2.31. The van der Waals surface area contributed by atoms with Gasteiger partial charge in [-0.1, -0.05) is 24.3 Å². The molecule has 2 aromatic rings. The normalized spacial score (nSPS) is 15.3. The van der Waals surface area contributed by atoms with Crippen LogP contribution in [0.15, 0.2) is 46.9 Å². The van der Waals surface area contributed by atoms with Crippen molar-refractivity contribution in [2.24, 2.45) is 4.40 Å². The molecule has 2 aliphatic heterocycles. The van der Waals surface area contributed by atoms with Gasteiger partial charge >= 0.3 is 0 Å². The maximum absolute atomic E-state index is 4.64. The summed E-state index contributed by atoms with van der Waals surface area (Å²) in [5.74, 6) is 1.99. The number of fused-ring (bicyclic) bond motifs is 6. The fourth-order valence-electron chi connectivity index (χ4n) is 2.80. The van der Waals surface area contributed by atoms with E-state index in [2.05, 4.69) is 70.8 Å². The van der Waals surface area contributed by atoms with Crippen molar-refractivity contribution in [2.75, 3.05) is 29.8 Å². The first-order valence-corrected chi connectivity index (χ1v) is 7.58. The van der Waals surface area contributed by atoms with Crippen molar-refractivity contribution in [3.8, 4) is 11.1 Å². The molecule has 2 heterocycles. The van der Waals surface area contributed by atoms with Gasteiger partial charge in [-0.25, -0.2) is 0 Å². The number of benzene rings is 2. The summed E-state index contributed by atoms with van der Waals surface area (Å²) in [7, 11) is 4.14. The SMILES string of the molecule is CN(C)c1ccc2c(c1)C1=NSCN1c1ccccc1-2. The van der Waals surface area contributed by atoms with Crippen LogP contribution in [0.5, 0.6) is 0 Å². The van der Waals surface area contributed by atoms with Crippen molar-refractivity contribution in [1.82, 2.24) is 0 Å². The van der Waals surface area contributed by atoms with Crippen molar-refractivity contribution in [3.05, 3.63) is 48.0 Å². The van der Waals surface area contributed by atoms with Crippen LogP contribution in [-0.4, -0.2) is 25.8 Å². The van der Waals surface area contributed by atoms with Crippen LogP contribution in [0.3, 0.4) is 0 Å². The van der Waals surface area contributed by atoms with Gasteiger partial charge in [-0.2, -0.15) is 4.40 Å². The summed E-state index contributed by atoms with van der Waals surface area (Å²) in [6.07, 6.45) is 0. The Morgan fingerprint density at radius 2 is 1.90 bits per heavy atom. The number of hydrogen-bond donors (Lipinski definition) is 0. The minimum absolute atomic E-state index is 0.901. The lowest BCUT2D eigenvalue weighted by atomic mass is 9.92. The average Bonchev–Trinajstić information content (AvgIpc) is 2.96. The smallest absolute Gasteiger partial charge is 0.149 e. The molecule has 0 aliphatic carbocycles. The molecule has 0 N–H and O–H groups in total. The Morgan fingerprint density at radius 1 is 1.05 bits per heavy atom. The Morgan fingerprint density at radius 3 is 2.75 bits per heavy atom. The first kappa shape index (κ1) is 11.9. The number of hydrogen-bond acceptors (Lipinski definition) is 4. The van der Waals surface area contributed by atoms with Gasteiger partial charge in [0.05, 0.1) is 11.6 Å². The van der Waals surface area contributed by atoms with Crippen LogP contribution in [0.2, 0.25) is 0 Å². The maximum Gasteiger partial charge on any atom is 0.149 e. The Balaban J connectivity index is 2.00. The van der Waals surface area contributed by atoms with E-state index in [0.717, 1.165) is 11.7 Å². The average molecular weight is 281 g/mol. The van der Waals surface area contributed by atoms with E-state index in [1.807, 2.05) is 0 Å². The second-order valence-corrected chi connectivity index (χ2v) is 5.94. The fraction of sp³-hybridized carbons (Fsp3) is 0.188. The largest absolute Gasteiger partial charge is 0.378 e. The molecule has 0 bridgehead atoms. The number of rotatable bonds is 1. The number of para-hydroxylation sites is 1. The number of nitrogens with zero attached hydrogens (tertiary/aromatic N) is 3. The zero-order chi connectivity index (χ0) is 13.7. The minimum Gasteiger partial charge on any atom is -0.378 e. The van der Waals surface area contributed by atoms with Crippen molar-refractivity contribution < 1.29 is 0 Å². The highest BCUT2D eigenvalue weighted by atomic mass is 32.2. The van der Waals surface area contributed by atoms with E-state index in [1.165, 1.54) is 28.1 Å². The van der Waals surface area contributed by atoms with Crippen molar-refractivity contribution >= 4 is 29.2 Å². The van der Waals surface area contributed by atoms with Crippen LogP contribution in [-0.2, 0) is 0 Å². The van der Waals surface area contributed by atoms with E-state index < -0.39 is 0 Å². The second-order valence-electron chi connectivity index (χ2n) is 5.24. The standard InChI is InChI=1S/C16H15N3S/c1-18(2)11-7-8-12-13-5-3-4-6-15(13)19-10-20-17-16(19)14(12)9-11/h3-9H,10H2,1-2H3. The van der Waals surface area contributed by atoms with Gasteiger partial charge in [0.25, 0.3) is 0 Å². The summed E-state index contributed by atoms with van der Waals surface area (Å²) >= 11 is 1.62.